The summed E-state index contributed by atoms with van der Waals surface area (Å²) in [6.45, 7) is 6.23. The van der Waals surface area contributed by atoms with E-state index in [4.69, 9.17) is 4.74 Å². The minimum Gasteiger partial charge on any atom is -0.494 e. The highest BCUT2D eigenvalue weighted by molar-refractivity contribution is 8.00. The van der Waals surface area contributed by atoms with Gasteiger partial charge < -0.3 is 4.74 Å². The molecule has 1 saturated heterocycles. The third kappa shape index (κ3) is 3.82. The van der Waals surface area contributed by atoms with Crippen LogP contribution in [0, 0.1) is 13.8 Å². The zero-order valence-corrected chi connectivity index (χ0v) is 15.2. The van der Waals surface area contributed by atoms with Crippen molar-refractivity contribution in [3.05, 3.63) is 41.7 Å². The molecule has 1 atom stereocenters. The predicted molar refractivity (Wildman–Crippen MR) is 95.9 cm³/mol. The van der Waals surface area contributed by atoms with Crippen LogP contribution in [0.3, 0.4) is 0 Å². The van der Waals surface area contributed by atoms with Crippen LogP contribution in [0.4, 0.5) is 5.69 Å². The van der Waals surface area contributed by atoms with Gasteiger partial charge in [-0.1, -0.05) is 11.8 Å². The highest BCUT2D eigenvalue weighted by Gasteiger charge is 2.40. The van der Waals surface area contributed by atoms with E-state index in [0.717, 1.165) is 11.4 Å². The normalized spacial score (nSPS) is 17.2. The molecule has 1 aromatic carbocycles. The molecule has 0 unspecified atom stereocenters. The summed E-state index contributed by atoms with van der Waals surface area (Å²) in [6.07, 6.45) is 0.146. The van der Waals surface area contributed by atoms with Crippen LogP contribution in [-0.4, -0.2) is 33.6 Å². The minimum atomic E-state index is -0.500. The fourth-order valence-electron chi connectivity index (χ4n) is 2.70. The Balaban J connectivity index is 1.77. The Kier molecular flexibility index (Phi) is 5.03. The van der Waals surface area contributed by atoms with E-state index in [1.165, 1.54) is 16.7 Å². The number of nitrogens with zero attached hydrogens (tertiary/aromatic N) is 3. The van der Waals surface area contributed by atoms with E-state index < -0.39 is 5.25 Å². The molecule has 2 heterocycles. The first-order chi connectivity index (χ1) is 12.0. The van der Waals surface area contributed by atoms with Crippen LogP contribution in [0.2, 0.25) is 0 Å². The molecular formula is C18H19N3O3S. The van der Waals surface area contributed by atoms with Crippen molar-refractivity contribution >= 4 is 29.3 Å². The number of imide groups is 1. The number of aromatic nitrogens is 2. The van der Waals surface area contributed by atoms with E-state index in [1.54, 1.807) is 24.3 Å². The van der Waals surface area contributed by atoms with Gasteiger partial charge >= 0.3 is 0 Å². The molecule has 0 N–H and O–H groups in total. The van der Waals surface area contributed by atoms with Crippen molar-refractivity contribution in [3.63, 3.8) is 0 Å². The van der Waals surface area contributed by atoms with Gasteiger partial charge in [0.15, 0.2) is 5.16 Å². The van der Waals surface area contributed by atoms with Crippen molar-refractivity contribution in [2.75, 3.05) is 11.5 Å². The number of carbonyl (C=O) groups excluding carboxylic acids is 2. The molecule has 0 spiro atoms. The van der Waals surface area contributed by atoms with Crippen LogP contribution in [-0.2, 0) is 9.59 Å². The Morgan fingerprint density at radius 2 is 1.80 bits per heavy atom. The number of amides is 2. The van der Waals surface area contributed by atoms with E-state index in [-0.39, 0.29) is 18.2 Å². The molecule has 0 aliphatic carbocycles. The minimum absolute atomic E-state index is 0.146. The van der Waals surface area contributed by atoms with E-state index in [1.807, 2.05) is 26.8 Å². The third-order valence-electron chi connectivity index (χ3n) is 3.72. The van der Waals surface area contributed by atoms with E-state index >= 15 is 0 Å². The van der Waals surface area contributed by atoms with Gasteiger partial charge in [0.1, 0.15) is 11.0 Å². The molecule has 1 aromatic heterocycles. The monoisotopic (exact) mass is 357 g/mol. The fourth-order valence-corrected chi connectivity index (χ4v) is 3.78. The van der Waals surface area contributed by atoms with Crippen LogP contribution in [0.15, 0.2) is 35.5 Å². The van der Waals surface area contributed by atoms with Gasteiger partial charge in [-0.2, -0.15) is 0 Å². The highest BCUT2D eigenvalue weighted by atomic mass is 32.2. The Bertz CT molecular complexity index is 787. The zero-order valence-electron chi connectivity index (χ0n) is 14.4. The molecule has 0 bridgehead atoms. The lowest BCUT2D eigenvalue weighted by Crippen LogP contribution is -2.31. The number of thioether (sulfide) groups is 1. The topological polar surface area (TPSA) is 72.4 Å². The second-order valence-corrected chi connectivity index (χ2v) is 6.91. The van der Waals surface area contributed by atoms with Crippen LogP contribution in [0.1, 0.15) is 24.7 Å². The van der Waals surface area contributed by atoms with Gasteiger partial charge in [0, 0.05) is 17.8 Å². The van der Waals surface area contributed by atoms with Gasteiger partial charge in [-0.3, -0.25) is 9.59 Å². The van der Waals surface area contributed by atoms with E-state index in [2.05, 4.69) is 9.97 Å². The number of carbonyl (C=O) groups is 2. The van der Waals surface area contributed by atoms with Crippen LogP contribution < -0.4 is 9.64 Å². The summed E-state index contributed by atoms with van der Waals surface area (Å²) < 4.78 is 5.39. The summed E-state index contributed by atoms with van der Waals surface area (Å²) >= 11 is 1.24. The molecule has 0 saturated carbocycles. The number of anilines is 1. The summed E-state index contributed by atoms with van der Waals surface area (Å²) in [5.41, 5.74) is 2.24. The van der Waals surface area contributed by atoms with Crippen molar-refractivity contribution in [1.82, 2.24) is 9.97 Å². The van der Waals surface area contributed by atoms with Crippen LogP contribution >= 0.6 is 11.8 Å². The molecular weight excluding hydrogens is 338 g/mol. The Morgan fingerprint density at radius 3 is 2.40 bits per heavy atom. The average molecular weight is 357 g/mol. The number of rotatable bonds is 5. The second kappa shape index (κ2) is 7.23. The third-order valence-corrected chi connectivity index (χ3v) is 4.77. The Morgan fingerprint density at radius 1 is 1.16 bits per heavy atom. The quantitative estimate of drug-likeness (QED) is 0.605. The van der Waals surface area contributed by atoms with Crippen LogP contribution in [0.5, 0.6) is 5.75 Å². The number of benzene rings is 1. The molecule has 130 valence electrons. The molecule has 2 aromatic rings. The largest absolute Gasteiger partial charge is 0.494 e. The summed E-state index contributed by atoms with van der Waals surface area (Å²) in [5, 5.41) is 0.0254. The maximum absolute atomic E-state index is 12.7. The van der Waals surface area contributed by atoms with Gasteiger partial charge in [0.2, 0.25) is 11.8 Å². The Labute approximate surface area is 150 Å². The van der Waals surface area contributed by atoms with Crippen molar-refractivity contribution in [3.8, 4) is 5.75 Å². The summed E-state index contributed by atoms with van der Waals surface area (Å²) in [5.74, 6) is 0.262. The van der Waals surface area contributed by atoms with E-state index in [0.29, 0.717) is 23.2 Å². The maximum Gasteiger partial charge on any atom is 0.247 e. The van der Waals surface area contributed by atoms with Gasteiger partial charge in [-0.15, -0.1) is 0 Å². The lowest BCUT2D eigenvalue weighted by Gasteiger charge is -2.15. The first-order valence-electron chi connectivity index (χ1n) is 8.06. The SMILES string of the molecule is CCOc1ccc(N2C(=O)C[C@H](Sc3nc(C)cc(C)n3)C2=O)cc1. The van der Waals surface area contributed by atoms with Crippen molar-refractivity contribution in [2.45, 2.75) is 37.6 Å². The molecule has 25 heavy (non-hydrogen) atoms. The van der Waals surface area contributed by atoms with Crippen molar-refractivity contribution in [1.29, 1.82) is 0 Å². The molecule has 0 radical (unpaired) electrons. The molecule has 1 aliphatic rings. The molecule has 6 nitrogen and oxygen atoms in total. The number of ether oxygens (including phenoxy) is 1. The average Bonchev–Trinajstić information content (AvgIpc) is 2.82. The summed E-state index contributed by atoms with van der Waals surface area (Å²) in [6, 6.07) is 8.83. The first kappa shape index (κ1) is 17.4. The first-order valence-corrected chi connectivity index (χ1v) is 8.94. The van der Waals surface area contributed by atoms with Crippen LogP contribution in [0.25, 0.3) is 0 Å². The standard InChI is InChI=1S/C18H19N3O3S/c1-4-24-14-7-5-13(6-8-14)21-16(22)10-15(17(21)23)25-18-19-11(2)9-12(3)20-18/h5-9,15H,4,10H2,1-3H3/t15-/m0/s1. The number of hydrogen-bond donors (Lipinski definition) is 0. The number of aryl methyl sites for hydroxylation is 2. The molecule has 3 rings (SSSR count). The van der Waals surface area contributed by atoms with E-state index in [9.17, 15) is 9.59 Å². The molecule has 7 heteroatoms. The second-order valence-electron chi connectivity index (χ2n) is 5.74. The molecule has 1 aliphatic heterocycles. The van der Waals surface area contributed by atoms with Gasteiger partial charge in [-0.25, -0.2) is 14.9 Å². The number of hydrogen-bond acceptors (Lipinski definition) is 6. The zero-order chi connectivity index (χ0) is 18.0. The van der Waals surface area contributed by atoms with Crippen molar-refractivity contribution < 1.29 is 14.3 Å². The van der Waals surface area contributed by atoms with Gasteiger partial charge in [0.05, 0.1) is 12.3 Å². The lowest BCUT2D eigenvalue weighted by molar-refractivity contribution is -0.121. The van der Waals surface area contributed by atoms with Gasteiger partial charge in [0.25, 0.3) is 0 Å². The maximum atomic E-state index is 12.7. The van der Waals surface area contributed by atoms with Crippen molar-refractivity contribution in [2.24, 2.45) is 0 Å². The fraction of sp³-hybridized carbons (Fsp3) is 0.333. The predicted octanol–water partition coefficient (Wildman–Crippen LogP) is 2.92. The summed E-state index contributed by atoms with van der Waals surface area (Å²) in [7, 11) is 0. The molecule has 2 amide bonds. The molecule has 1 fully saturated rings. The smallest absolute Gasteiger partial charge is 0.247 e. The summed E-state index contributed by atoms with van der Waals surface area (Å²) in [4.78, 5) is 35.0. The lowest BCUT2D eigenvalue weighted by atomic mass is 10.3. The highest BCUT2D eigenvalue weighted by Crippen LogP contribution is 2.33. The Hall–Kier alpha value is -2.41. The van der Waals surface area contributed by atoms with Gasteiger partial charge in [-0.05, 0) is 51.1 Å².